The smallest absolute Gasteiger partial charge is 0.388 e. The summed E-state index contributed by atoms with van der Waals surface area (Å²) in [5.41, 5.74) is 0.297. The van der Waals surface area contributed by atoms with Gasteiger partial charge in [0.1, 0.15) is 0 Å². The Bertz CT molecular complexity index is 304. The van der Waals surface area contributed by atoms with Gasteiger partial charge in [-0.2, -0.15) is 13.2 Å². The molecular weight excluding hydrogens is 179 g/mol. The lowest BCUT2D eigenvalue weighted by atomic mass is 10.1. The topological polar surface area (TPSA) is 12.0 Å². The average Bonchev–Trinajstić information content (AvgIpc) is 2.01. The van der Waals surface area contributed by atoms with Gasteiger partial charge in [-0.25, -0.2) is 0 Å². The van der Waals surface area contributed by atoms with E-state index in [0.717, 1.165) is 11.6 Å². The van der Waals surface area contributed by atoms with Crippen LogP contribution in [-0.4, -0.2) is 7.05 Å². The van der Waals surface area contributed by atoms with E-state index in [0.29, 0.717) is 0 Å². The lowest BCUT2D eigenvalue weighted by molar-refractivity contribution is -0.136. The van der Waals surface area contributed by atoms with Crippen LogP contribution in [0.2, 0.25) is 0 Å². The highest BCUT2D eigenvalue weighted by molar-refractivity contribution is 5.54. The number of nitrogens with one attached hydrogen (secondary N) is 1. The Kier molecular flexibility index (Phi) is 2.50. The lowest BCUT2D eigenvalue weighted by Gasteiger charge is -2.12. The Labute approximate surface area is 74.6 Å². The fourth-order valence-electron chi connectivity index (χ4n) is 1.11. The number of anilines is 1. The second-order valence-corrected chi connectivity index (χ2v) is 2.80. The molecule has 1 aromatic carbocycles. The Balaban J connectivity index is 3.22. The van der Waals surface area contributed by atoms with Crippen molar-refractivity contribution in [2.24, 2.45) is 0 Å². The van der Waals surface area contributed by atoms with Crippen LogP contribution in [0.5, 0.6) is 0 Å². The summed E-state index contributed by atoms with van der Waals surface area (Å²) < 4.78 is 37.0. The molecule has 4 heteroatoms. The molecule has 0 saturated carbocycles. The van der Waals surface area contributed by atoms with Crippen molar-refractivity contribution < 1.29 is 13.2 Å². The molecule has 0 unspecified atom stereocenters. The van der Waals surface area contributed by atoms with Gasteiger partial charge in [-0.3, -0.25) is 0 Å². The molecule has 0 heterocycles. The number of hydrogen-bond donors (Lipinski definition) is 1. The molecule has 0 radical (unpaired) electrons. The molecule has 0 spiro atoms. The minimum absolute atomic E-state index is 0.118. The van der Waals surface area contributed by atoms with Crippen LogP contribution in [0.25, 0.3) is 0 Å². The van der Waals surface area contributed by atoms with Crippen LogP contribution in [-0.2, 0) is 6.18 Å². The Morgan fingerprint density at radius 1 is 1.23 bits per heavy atom. The molecule has 1 aromatic rings. The van der Waals surface area contributed by atoms with E-state index in [9.17, 15) is 13.2 Å². The largest absolute Gasteiger partial charge is 0.418 e. The monoisotopic (exact) mass is 189 g/mol. The van der Waals surface area contributed by atoms with Crippen molar-refractivity contribution in [3.8, 4) is 0 Å². The van der Waals surface area contributed by atoms with Crippen molar-refractivity contribution in [2.45, 2.75) is 13.1 Å². The molecule has 1 nitrogen and oxygen atoms in total. The minimum Gasteiger partial charge on any atom is -0.388 e. The van der Waals surface area contributed by atoms with Gasteiger partial charge in [0.05, 0.1) is 5.56 Å². The maximum atomic E-state index is 12.3. The number of halogens is 3. The molecule has 0 aliphatic carbocycles. The summed E-state index contributed by atoms with van der Waals surface area (Å²) in [4.78, 5) is 0. The summed E-state index contributed by atoms with van der Waals surface area (Å²) in [6, 6.07) is 4.01. The van der Waals surface area contributed by atoms with Gasteiger partial charge >= 0.3 is 6.18 Å². The molecule has 0 aromatic heterocycles. The van der Waals surface area contributed by atoms with Gasteiger partial charge in [0, 0.05) is 12.7 Å². The second kappa shape index (κ2) is 3.28. The molecule has 0 aliphatic rings. The second-order valence-electron chi connectivity index (χ2n) is 2.80. The molecule has 0 amide bonds. The van der Waals surface area contributed by atoms with Gasteiger partial charge in [-0.15, -0.1) is 0 Å². The third-order valence-corrected chi connectivity index (χ3v) is 1.75. The molecule has 0 aliphatic heterocycles. The van der Waals surface area contributed by atoms with E-state index in [2.05, 4.69) is 5.32 Å². The van der Waals surface area contributed by atoms with E-state index in [-0.39, 0.29) is 5.69 Å². The van der Waals surface area contributed by atoms with Gasteiger partial charge < -0.3 is 5.32 Å². The van der Waals surface area contributed by atoms with Crippen LogP contribution < -0.4 is 5.32 Å². The molecule has 1 rings (SSSR count). The highest BCUT2D eigenvalue weighted by atomic mass is 19.4. The van der Waals surface area contributed by atoms with E-state index in [4.69, 9.17) is 0 Å². The average molecular weight is 189 g/mol. The highest BCUT2D eigenvalue weighted by Crippen LogP contribution is 2.34. The molecule has 72 valence electrons. The summed E-state index contributed by atoms with van der Waals surface area (Å²) in [6.07, 6.45) is -4.29. The zero-order valence-electron chi connectivity index (χ0n) is 7.37. The third kappa shape index (κ3) is 2.14. The first-order valence-electron chi connectivity index (χ1n) is 3.80. The first-order chi connectivity index (χ1) is 5.95. The van der Waals surface area contributed by atoms with E-state index in [1.54, 1.807) is 6.92 Å². The Morgan fingerprint density at radius 3 is 2.31 bits per heavy atom. The molecule has 13 heavy (non-hydrogen) atoms. The van der Waals surface area contributed by atoms with Crippen molar-refractivity contribution in [1.82, 2.24) is 0 Å². The number of hydrogen-bond acceptors (Lipinski definition) is 1. The first-order valence-corrected chi connectivity index (χ1v) is 3.80. The van der Waals surface area contributed by atoms with E-state index < -0.39 is 11.7 Å². The van der Waals surface area contributed by atoms with Crippen LogP contribution in [0.3, 0.4) is 0 Å². The number of aryl methyl sites for hydroxylation is 1. The highest BCUT2D eigenvalue weighted by Gasteiger charge is 2.32. The van der Waals surface area contributed by atoms with Gasteiger partial charge in [-0.1, -0.05) is 6.07 Å². The first kappa shape index (κ1) is 9.89. The van der Waals surface area contributed by atoms with Crippen molar-refractivity contribution in [3.05, 3.63) is 29.3 Å². The molecule has 0 bridgehead atoms. The SMILES string of the molecule is CNc1cc(C)ccc1C(F)(F)F. The van der Waals surface area contributed by atoms with E-state index in [1.807, 2.05) is 0 Å². The summed E-state index contributed by atoms with van der Waals surface area (Å²) in [5.74, 6) is 0. The minimum atomic E-state index is -4.29. The lowest BCUT2D eigenvalue weighted by Crippen LogP contribution is -2.08. The summed E-state index contributed by atoms with van der Waals surface area (Å²) in [7, 11) is 1.48. The zero-order chi connectivity index (χ0) is 10.1. The van der Waals surface area contributed by atoms with Crippen molar-refractivity contribution in [3.63, 3.8) is 0 Å². The van der Waals surface area contributed by atoms with Crippen LogP contribution in [0.15, 0.2) is 18.2 Å². The summed E-state index contributed by atoms with van der Waals surface area (Å²) in [6.45, 7) is 1.75. The maximum absolute atomic E-state index is 12.3. The van der Waals surface area contributed by atoms with Gasteiger partial charge in [0.2, 0.25) is 0 Å². The molecule has 1 N–H and O–H groups in total. The standard InChI is InChI=1S/C9H10F3N/c1-6-3-4-7(9(10,11)12)8(5-6)13-2/h3-5,13H,1-2H3. The fourth-order valence-corrected chi connectivity index (χ4v) is 1.11. The molecule has 0 atom stereocenters. The fraction of sp³-hybridized carbons (Fsp3) is 0.333. The number of rotatable bonds is 1. The molecule has 0 fully saturated rings. The summed E-state index contributed by atoms with van der Waals surface area (Å²) in [5, 5.41) is 2.52. The Hall–Kier alpha value is -1.19. The van der Waals surface area contributed by atoms with Gasteiger partial charge in [-0.05, 0) is 24.6 Å². The Morgan fingerprint density at radius 2 is 1.85 bits per heavy atom. The number of alkyl halides is 3. The van der Waals surface area contributed by atoms with Crippen molar-refractivity contribution in [1.29, 1.82) is 0 Å². The number of benzene rings is 1. The predicted octanol–water partition coefficient (Wildman–Crippen LogP) is 3.06. The maximum Gasteiger partial charge on any atom is 0.418 e. The normalized spacial score (nSPS) is 11.5. The van der Waals surface area contributed by atoms with Crippen LogP contribution >= 0.6 is 0 Å². The van der Waals surface area contributed by atoms with Crippen LogP contribution in [0, 0.1) is 6.92 Å². The van der Waals surface area contributed by atoms with E-state index in [1.165, 1.54) is 19.2 Å². The summed E-state index contributed by atoms with van der Waals surface area (Å²) >= 11 is 0. The molecule has 0 saturated heterocycles. The zero-order valence-corrected chi connectivity index (χ0v) is 7.37. The van der Waals surface area contributed by atoms with Gasteiger partial charge in [0.15, 0.2) is 0 Å². The predicted molar refractivity (Wildman–Crippen MR) is 45.7 cm³/mol. The third-order valence-electron chi connectivity index (χ3n) is 1.75. The quantitative estimate of drug-likeness (QED) is 0.715. The van der Waals surface area contributed by atoms with Crippen LogP contribution in [0.1, 0.15) is 11.1 Å². The van der Waals surface area contributed by atoms with E-state index >= 15 is 0 Å². The van der Waals surface area contributed by atoms with Crippen molar-refractivity contribution in [2.75, 3.05) is 12.4 Å². The van der Waals surface area contributed by atoms with Crippen molar-refractivity contribution >= 4 is 5.69 Å². The molecular formula is C9H10F3N. The van der Waals surface area contributed by atoms with Crippen LogP contribution in [0.4, 0.5) is 18.9 Å². The van der Waals surface area contributed by atoms with Gasteiger partial charge in [0.25, 0.3) is 0 Å².